The van der Waals surface area contributed by atoms with Crippen LogP contribution in [0.1, 0.15) is 0 Å². The van der Waals surface area contributed by atoms with Gasteiger partial charge in [0.25, 0.3) is 0 Å². The number of hydrogen-bond donors (Lipinski definition) is 1. The largest absolute Gasteiger partial charge is 0.389 e. The van der Waals surface area contributed by atoms with E-state index in [1.807, 2.05) is 0 Å². The third kappa shape index (κ3) is 1.49. The highest BCUT2D eigenvalue weighted by Gasteiger charge is 2.26. The van der Waals surface area contributed by atoms with Crippen LogP contribution < -0.4 is 4.90 Å². The number of hydrogen-bond acceptors (Lipinski definition) is 6. The van der Waals surface area contributed by atoms with Gasteiger partial charge in [-0.15, -0.1) is 0 Å². The summed E-state index contributed by atoms with van der Waals surface area (Å²) in [4.78, 5) is 19.1. The Kier molecular flexibility index (Phi) is 2.01. The molecule has 0 aromatic carbocycles. The predicted molar refractivity (Wildman–Crippen MR) is 46.9 cm³/mol. The van der Waals surface area contributed by atoms with Gasteiger partial charge >= 0.3 is 5.69 Å². The standard InChI is InChI=1S/C7H8N4O3/c12-6-3-10(4-6)7-8-1-5(2-9-7)11(13)14/h1-2,6,12H,3-4H2. The Balaban J connectivity index is 2.10. The molecule has 7 nitrogen and oxygen atoms in total. The number of nitro groups is 1. The van der Waals surface area contributed by atoms with Crippen LogP contribution in [-0.2, 0) is 0 Å². The van der Waals surface area contributed by atoms with Crippen LogP contribution >= 0.6 is 0 Å². The lowest BCUT2D eigenvalue weighted by Gasteiger charge is -2.35. The molecular weight excluding hydrogens is 188 g/mol. The van der Waals surface area contributed by atoms with Crippen molar-refractivity contribution in [2.75, 3.05) is 18.0 Å². The first kappa shape index (κ1) is 8.82. The summed E-state index contributed by atoms with van der Waals surface area (Å²) in [5.74, 6) is 0.418. The maximum Gasteiger partial charge on any atom is 0.305 e. The number of rotatable bonds is 2. The van der Waals surface area contributed by atoms with Gasteiger partial charge in [0.05, 0.1) is 11.0 Å². The van der Waals surface area contributed by atoms with Crippen LogP contribution in [-0.4, -0.2) is 39.2 Å². The molecule has 7 heteroatoms. The Morgan fingerprint density at radius 1 is 1.50 bits per heavy atom. The zero-order valence-electron chi connectivity index (χ0n) is 7.20. The molecule has 0 aliphatic carbocycles. The van der Waals surface area contributed by atoms with E-state index in [0.717, 1.165) is 12.4 Å². The highest BCUT2D eigenvalue weighted by atomic mass is 16.6. The molecule has 2 heterocycles. The summed E-state index contributed by atoms with van der Waals surface area (Å²) in [6, 6.07) is 0. The Morgan fingerprint density at radius 2 is 2.07 bits per heavy atom. The molecule has 1 aromatic rings. The van der Waals surface area contributed by atoms with E-state index in [1.54, 1.807) is 4.90 Å². The first-order valence-corrected chi connectivity index (χ1v) is 4.06. The quantitative estimate of drug-likeness (QED) is 0.509. The summed E-state index contributed by atoms with van der Waals surface area (Å²) in [5.41, 5.74) is -0.130. The molecule has 74 valence electrons. The average molecular weight is 196 g/mol. The molecule has 0 spiro atoms. The van der Waals surface area contributed by atoms with Crippen molar-refractivity contribution in [1.29, 1.82) is 0 Å². The van der Waals surface area contributed by atoms with Crippen molar-refractivity contribution in [2.24, 2.45) is 0 Å². The fourth-order valence-electron chi connectivity index (χ4n) is 1.19. The molecule has 14 heavy (non-hydrogen) atoms. The second-order valence-corrected chi connectivity index (χ2v) is 3.06. The molecule has 1 fully saturated rings. The van der Waals surface area contributed by atoms with Gasteiger partial charge in [-0.05, 0) is 0 Å². The molecule has 0 amide bonds. The van der Waals surface area contributed by atoms with Crippen LogP contribution in [0.2, 0.25) is 0 Å². The lowest BCUT2D eigenvalue weighted by atomic mass is 10.2. The molecule has 0 bridgehead atoms. The number of aromatic nitrogens is 2. The summed E-state index contributed by atoms with van der Waals surface area (Å²) < 4.78 is 0. The van der Waals surface area contributed by atoms with Gasteiger partial charge in [0.1, 0.15) is 12.4 Å². The van der Waals surface area contributed by atoms with Crippen LogP contribution in [0, 0.1) is 10.1 Å². The summed E-state index contributed by atoms with van der Waals surface area (Å²) in [6.45, 7) is 0.968. The lowest BCUT2D eigenvalue weighted by Crippen LogP contribution is -2.51. The van der Waals surface area contributed by atoms with Crippen molar-refractivity contribution in [1.82, 2.24) is 9.97 Å². The minimum absolute atomic E-state index is 0.130. The maximum absolute atomic E-state index is 10.3. The monoisotopic (exact) mass is 196 g/mol. The Bertz CT molecular complexity index is 346. The predicted octanol–water partition coefficient (Wildman–Crippen LogP) is -0.434. The smallest absolute Gasteiger partial charge is 0.305 e. The molecule has 1 aromatic heterocycles. The molecule has 1 aliphatic rings. The summed E-state index contributed by atoms with van der Waals surface area (Å²) >= 11 is 0. The highest BCUT2D eigenvalue weighted by Crippen LogP contribution is 2.17. The van der Waals surface area contributed by atoms with Crippen LogP contribution in [0.3, 0.4) is 0 Å². The first-order valence-electron chi connectivity index (χ1n) is 4.06. The zero-order valence-corrected chi connectivity index (χ0v) is 7.20. The van der Waals surface area contributed by atoms with E-state index in [4.69, 9.17) is 5.11 Å². The molecule has 2 rings (SSSR count). The molecule has 1 N–H and O–H groups in total. The SMILES string of the molecule is O=[N+]([O-])c1cnc(N2CC(O)C2)nc1. The van der Waals surface area contributed by atoms with Crippen molar-refractivity contribution in [2.45, 2.75) is 6.10 Å². The minimum atomic E-state index is -0.547. The van der Waals surface area contributed by atoms with Gasteiger partial charge in [-0.25, -0.2) is 9.97 Å². The molecule has 0 atom stereocenters. The van der Waals surface area contributed by atoms with Gasteiger partial charge < -0.3 is 10.0 Å². The van der Waals surface area contributed by atoms with E-state index < -0.39 is 4.92 Å². The highest BCUT2D eigenvalue weighted by molar-refractivity contribution is 5.37. The lowest BCUT2D eigenvalue weighted by molar-refractivity contribution is -0.385. The normalized spacial score (nSPS) is 16.5. The summed E-state index contributed by atoms with van der Waals surface area (Å²) in [5, 5.41) is 19.3. The number of nitrogens with zero attached hydrogens (tertiary/aromatic N) is 4. The van der Waals surface area contributed by atoms with Gasteiger partial charge in [-0.2, -0.15) is 0 Å². The molecule has 0 unspecified atom stereocenters. The minimum Gasteiger partial charge on any atom is -0.389 e. The maximum atomic E-state index is 10.3. The van der Waals surface area contributed by atoms with Gasteiger partial charge in [0.15, 0.2) is 0 Å². The fraction of sp³-hybridized carbons (Fsp3) is 0.429. The van der Waals surface area contributed by atoms with Crippen molar-refractivity contribution < 1.29 is 10.0 Å². The van der Waals surface area contributed by atoms with E-state index >= 15 is 0 Å². The van der Waals surface area contributed by atoms with Gasteiger partial charge in [-0.1, -0.05) is 0 Å². The van der Waals surface area contributed by atoms with Crippen LogP contribution in [0.25, 0.3) is 0 Å². The van der Waals surface area contributed by atoms with Crippen LogP contribution in [0.4, 0.5) is 11.6 Å². The van der Waals surface area contributed by atoms with Crippen LogP contribution in [0.15, 0.2) is 12.4 Å². The van der Waals surface area contributed by atoms with E-state index in [1.165, 1.54) is 0 Å². The molecule has 0 saturated carbocycles. The second kappa shape index (κ2) is 3.18. The molecular formula is C7H8N4O3. The van der Waals surface area contributed by atoms with E-state index in [0.29, 0.717) is 19.0 Å². The third-order valence-electron chi connectivity index (χ3n) is 1.98. The van der Waals surface area contributed by atoms with Crippen molar-refractivity contribution >= 4 is 11.6 Å². The van der Waals surface area contributed by atoms with Gasteiger partial charge in [0, 0.05) is 13.1 Å². The number of anilines is 1. The Hall–Kier alpha value is -1.76. The molecule has 1 aliphatic heterocycles. The fourth-order valence-corrected chi connectivity index (χ4v) is 1.19. The van der Waals surface area contributed by atoms with Crippen molar-refractivity contribution in [3.8, 4) is 0 Å². The van der Waals surface area contributed by atoms with E-state index in [-0.39, 0.29) is 11.8 Å². The Morgan fingerprint density at radius 3 is 2.50 bits per heavy atom. The Labute approximate surface area is 79.2 Å². The van der Waals surface area contributed by atoms with E-state index in [9.17, 15) is 10.1 Å². The topological polar surface area (TPSA) is 92.4 Å². The first-order chi connectivity index (χ1) is 6.66. The average Bonchev–Trinajstić information content (AvgIpc) is 2.13. The second-order valence-electron chi connectivity index (χ2n) is 3.06. The van der Waals surface area contributed by atoms with Crippen molar-refractivity contribution in [3.05, 3.63) is 22.5 Å². The van der Waals surface area contributed by atoms with Gasteiger partial charge in [0.2, 0.25) is 5.95 Å². The molecule has 1 saturated heterocycles. The molecule has 0 radical (unpaired) electrons. The third-order valence-corrected chi connectivity index (χ3v) is 1.98. The zero-order chi connectivity index (χ0) is 10.1. The number of aliphatic hydroxyl groups excluding tert-OH is 1. The van der Waals surface area contributed by atoms with Crippen molar-refractivity contribution in [3.63, 3.8) is 0 Å². The summed E-state index contributed by atoms with van der Waals surface area (Å²) in [7, 11) is 0. The van der Waals surface area contributed by atoms with Gasteiger partial charge in [-0.3, -0.25) is 10.1 Å². The number of aliphatic hydroxyl groups is 1. The number of β-amino-alcohol motifs (C(OH)–C–C–N with tert-alkyl or cyclic N) is 1. The van der Waals surface area contributed by atoms with E-state index in [2.05, 4.69) is 9.97 Å². The van der Waals surface area contributed by atoms with Crippen LogP contribution in [0.5, 0.6) is 0 Å². The summed E-state index contributed by atoms with van der Waals surface area (Å²) in [6.07, 6.45) is 1.98.